The molecule has 10 heteroatoms. The number of piperidine rings is 1. The van der Waals surface area contributed by atoms with Gasteiger partial charge in [-0.3, -0.25) is 4.79 Å². The van der Waals surface area contributed by atoms with Crippen molar-refractivity contribution < 1.29 is 17.7 Å². The second-order valence-electron chi connectivity index (χ2n) is 9.67. The Bertz CT molecular complexity index is 1100. The number of aromatic nitrogens is 2. The molecule has 2 atom stereocenters. The van der Waals surface area contributed by atoms with E-state index in [1.54, 1.807) is 24.4 Å². The number of amides is 1. The molecule has 0 aromatic carbocycles. The molecule has 1 aliphatic heterocycles. The molecular formula is C23H33N5O4S. The van der Waals surface area contributed by atoms with E-state index in [0.29, 0.717) is 37.0 Å². The van der Waals surface area contributed by atoms with Gasteiger partial charge in [-0.05, 0) is 44.6 Å². The van der Waals surface area contributed by atoms with Crippen molar-refractivity contribution in [1.29, 1.82) is 0 Å². The number of anilines is 1. The largest absolute Gasteiger partial charge is 0.360 e. The van der Waals surface area contributed by atoms with Crippen LogP contribution in [0.3, 0.4) is 0 Å². The first kappa shape index (κ1) is 23.7. The number of hydrogen-bond acceptors (Lipinski definition) is 7. The van der Waals surface area contributed by atoms with Gasteiger partial charge >= 0.3 is 0 Å². The Labute approximate surface area is 195 Å². The molecule has 180 valence electrons. The number of sulfonamides is 1. The maximum atomic E-state index is 13.4. The summed E-state index contributed by atoms with van der Waals surface area (Å²) in [7, 11) is -1.76. The summed E-state index contributed by atoms with van der Waals surface area (Å²) in [5, 5.41) is 6.89. The number of nitrogens with one attached hydrogen (secondary N) is 1. The van der Waals surface area contributed by atoms with Crippen LogP contribution in [0, 0.1) is 5.92 Å². The number of carbonyl (C=O) groups excluding carboxylic acids is 1. The van der Waals surface area contributed by atoms with Crippen LogP contribution >= 0.6 is 0 Å². The fourth-order valence-electron chi connectivity index (χ4n) is 4.40. The maximum absolute atomic E-state index is 13.4. The van der Waals surface area contributed by atoms with Crippen molar-refractivity contribution in [3.63, 3.8) is 0 Å². The molecule has 2 aromatic rings. The molecule has 4 rings (SSSR count). The average molecular weight is 476 g/mol. The number of hydrogen-bond donors (Lipinski definition) is 1. The molecule has 3 heterocycles. The van der Waals surface area contributed by atoms with Crippen LogP contribution in [0.15, 0.2) is 33.8 Å². The van der Waals surface area contributed by atoms with Gasteiger partial charge in [0, 0.05) is 56.5 Å². The first-order valence-electron chi connectivity index (χ1n) is 11.6. The predicted molar refractivity (Wildman–Crippen MR) is 125 cm³/mol. The van der Waals surface area contributed by atoms with E-state index < -0.39 is 10.0 Å². The van der Waals surface area contributed by atoms with Crippen molar-refractivity contribution in [1.82, 2.24) is 19.8 Å². The predicted octanol–water partition coefficient (Wildman–Crippen LogP) is 3.01. The lowest BCUT2D eigenvalue weighted by Gasteiger charge is -2.37. The van der Waals surface area contributed by atoms with Crippen molar-refractivity contribution in [2.24, 2.45) is 5.92 Å². The second kappa shape index (κ2) is 9.42. The van der Waals surface area contributed by atoms with Gasteiger partial charge in [0.25, 0.3) is 5.91 Å². The molecule has 2 fully saturated rings. The van der Waals surface area contributed by atoms with E-state index in [4.69, 9.17) is 4.52 Å². The summed E-state index contributed by atoms with van der Waals surface area (Å²) in [6, 6.07) is 4.53. The first-order valence-corrected chi connectivity index (χ1v) is 13.1. The van der Waals surface area contributed by atoms with E-state index in [-0.39, 0.29) is 28.6 Å². The van der Waals surface area contributed by atoms with Crippen LogP contribution in [0.1, 0.15) is 68.6 Å². The highest BCUT2D eigenvalue weighted by Crippen LogP contribution is 2.40. The fraction of sp³-hybridized carbons (Fsp3) is 0.609. The number of pyridine rings is 1. The molecule has 0 radical (unpaired) electrons. The van der Waals surface area contributed by atoms with Gasteiger partial charge in [0.1, 0.15) is 11.6 Å². The molecule has 9 nitrogen and oxygen atoms in total. The molecular weight excluding hydrogens is 442 g/mol. The summed E-state index contributed by atoms with van der Waals surface area (Å²) >= 11 is 0. The molecule has 2 aromatic heterocycles. The molecule has 0 unspecified atom stereocenters. The summed E-state index contributed by atoms with van der Waals surface area (Å²) in [5.41, 5.74) is 0.287. The van der Waals surface area contributed by atoms with Crippen molar-refractivity contribution in [3.8, 4) is 0 Å². The summed E-state index contributed by atoms with van der Waals surface area (Å²) in [6.07, 6.45) is 4.77. The van der Waals surface area contributed by atoms with E-state index in [9.17, 15) is 13.2 Å². The molecule has 1 amide bonds. The Morgan fingerprint density at radius 3 is 2.73 bits per heavy atom. The van der Waals surface area contributed by atoms with E-state index in [1.165, 1.54) is 4.31 Å². The minimum atomic E-state index is -3.67. The highest BCUT2D eigenvalue weighted by atomic mass is 32.2. The van der Waals surface area contributed by atoms with Crippen molar-refractivity contribution in [3.05, 3.63) is 35.9 Å². The zero-order valence-corrected chi connectivity index (χ0v) is 20.5. The SMILES string of the molecule is CC(C)CN(C)c1cc(S(=O)(=O)N2CC[C@@H](NC(=O)c3cc(C4CC4)on3)C[C@@H]2C)ccn1. The minimum absolute atomic E-state index is 0.120. The number of nitrogens with zero attached hydrogens (tertiary/aromatic N) is 4. The van der Waals surface area contributed by atoms with E-state index >= 15 is 0 Å². The van der Waals surface area contributed by atoms with E-state index in [0.717, 1.165) is 25.1 Å². The lowest BCUT2D eigenvalue weighted by molar-refractivity contribution is 0.0905. The standard InChI is InChI=1S/C23H33N5O4S/c1-15(2)14-27(4)22-12-19(7-9-24-22)33(30,31)28-10-8-18(11-16(28)3)25-23(29)20-13-21(32-26-20)17-5-6-17/h7,9,12-13,15-18H,5-6,8,10-11,14H2,1-4H3,(H,25,29)/t16-,18+/m0/s1. The fourth-order valence-corrected chi connectivity index (χ4v) is 6.06. The van der Waals surface area contributed by atoms with E-state index in [1.807, 2.05) is 18.9 Å². The second-order valence-corrected chi connectivity index (χ2v) is 11.6. The quantitative estimate of drug-likeness (QED) is 0.625. The molecule has 1 saturated carbocycles. The average Bonchev–Trinajstić information content (AvgIpc) is 3.49. The first-order chi connectivity index (χ1) is 15.6. The molecule has 1 N–H and O–H groups in total. The third kappa shape index (κ3) is 5.38. The van der Waals surface area contributed by atoms with Gasteiger partial charge in [0.15, 0.2) is 5.69 Å². The van der Waals surface area contributed by atoms with Crippen LogP contribution in [0.2, 0.25) is 0 Å². The van der Waals surface area contributed by atoms with Crippen molar-refractivity contribution >= 4 is 21.7 Å². The topological polar surface area (TPSA) is 109 Å². The normalized spacial score (nSPS) is 21.8. The minimum Gasteiger partial charge on any atom is -0.360 e. The zero-order valence-electron chi connectivity index (χ0n) is 19.7. The van der Waals surface area contributed by atoms with Gasteiger partial charge in [-0.2, -0.15) is 4.31 Å². The number of rotatable bonds is 8. The lowest BCUT2D eigenvalue weighted by atomic mass is 10.0. The third-order valence-corrected chi connectivity index (χ3v) is 8.25. The van der Waals surface area contributed by atoms with Gasteiger partial charge in [-0.15, -0.1) is 0 Å². The van der Waals surface area contributed by atoms with Gasteiger partial charge in [-0.1, -0.05) is 19.0 Å². The van der Waals surface area contributed by atoms with E-state index in [2.05, 4.69) is 29.3 Å². The Balaban J connectivity index is 1.40. The Morgan fingerprint density at radius 1 is 1.30 bits per heavy atom. The molecule has 0 bridgehead atoms. The third-order valence-electron chi connectivity index (χ3n) is 6.24. The Morgan fingerprint density at radius 2 is 2.06 bits per heavy atom. The van der Waals surface area contributed by atoms with Gasteiger partial charge in [0.05, 0.1) is 4.90 Å². The lowest BCUT2D eigenvalue weighted by Crippen LogP contribution is -2.50. The summed E-state index contributed by atoms with van der Waals surface area (Å²) in [4.78, 5) is 19.1. The number of carbonyl (C=O) groups is 1. The summed E-state index contributed by atoms with van der Waals surface area (Å²) < 4.78 is 33.6. The van der Waals surface area contributed by atoms with Crippen LogP contribution in [-0.4, -0.2) is 61.0 Å². The molecule has 0 spiro atoms. The van der Waals surface area contributed by atoms with Crippen LogP contribution in [0.5, 0.6) is 0 Å². The van der Waals surface area contributed by atoms with Crippen molar-refractivity contribution in [2.45, 2.75) is 69.4 Å². The van der Waals surface area contributed by atoms with Gasteiger partial charge < -0.3 is 14.7 Å². The van der Waals surface area contributed by atoms with Crippen LogP contribution in [-0.2, 0) is 10.0 Å². The summed E-state index contributed by atoms with van der Waals surface area (Å²) in [6.45, 7) is 7.21. The van der Waals surface area contributed by atoms with Crippen LogP contribution in [0.4, 0.5) is 5.82 Å². The Kier molecular flexibility index (Phi) is 6.76. The zero-order chi connectivity index (χ0) is 23.8. The van der Waals surface area contributed by atoms with Crippen LogP contribution < -0.4 is 10.2 Å². The monoisotopic (exact) mass is 475 g/mol. The van der Waals surface area contributed by atoms with Crippen LogP contribution in [0.25, 0.3) is 0 Å². The van der Waals surface area contributed by atoms with Crippen molar-refractivity contribution in [2.75, 3.05) is 25.0 Å². The summed E-state index contributed by atoms with van der Waals surface area (Å²) in [5.74, 6) is 1.96. The molecule has 1 aliphatic carbocycles. The highest BCUT2D eigenvalue weighted by Gasteiger charge is 2.36. The highest BCUT2D eigenvalue weighted by molar-refractivity contribution is 7.89. The smallest absolute Gasteiger partial charge is 0.273 e. The maximum Gasteiger partial charge on any atom is 0.273 e. The van der Waals surface area contributed by atoms with Gasteiger partial charge in [-0.25, -0.2) is 13.4 Å². The molecule has 2 aliphatic rings. The van der Waals surface area contributed by atoms with Gasteiger partial charge in [0.2, 0.25) is 10.0 Å². The Hall–Kier alpha value is -2.46. The molecule has 33 heavy (non-hydrogen) atoms. The molecule has 1 saturated heterocycles.